The molecule has 0 aromatic carbocycles. The molecule has 1 fully saturated rings. The Bertz CT molecular complexity index is 383. The molecule has 1 N–H and O–H groups in total. The van der Waals surface area contributed by atoms with Crippen molar-refractivity contribution < 1.29 is 9.90 Å². The Morgan fingerprint density at radius 3 is 2.83 bits per heavy atom. The van der Waals surface area contributed by atoms with Crippen LogP contribution in [-0.2, 0) is 11.2 Å². The summed E-state index contributed by atoms with van der Waals surface area (Å²) in [7, 11) is 0. The molecule has 2 rings (SSSR count). The van der Waals surface area contributed by atoms with Crippen LogP contribution in [0.4, 0.5) is 0 Å². The van der Waals surface area contributed by atoms with Crippen molar-refractivity contribution in [2.75, 3.05) is 0 Å². The molecule has 0 aliphatic heterocycles. The van der Waals surface area contributed by atoms with E-state index in [1.165, 1.54) is 5.56 Å². The number of rotatable bonds is 4. The van der Waals surface area contributed by atoms with Crippen molar-refractivity contribution in [3.63, 3.8) is 0 Å². The summed E-state index contributed by atoms with van der Waals surface area (Å²) in [5.41, 5.74) is 1.31. The maximum Gasteiger partial charge on any atom is 0.306 e. The van der Waals surface area contributed by atoms with Crippen LogP contribution in [0.5, 0.6) is 0 Å². The largest absolute Gasteiger partial charge is 0.481 e. The highest BCUT2D eigenvalue weighted by Crippen LogP contribution is 2.39. The third-order valence-corrected chi connectivity index (χ3v) is 5.09. The summed E-state index contributed by atoms with van der Waals surface area (Å²) in [5.74, 6) is 0.949. The SMILES string of the molecule is CC(C)C1CCC(C(=O)O)C(Cc2ccsc2)C1. The minimum Gasteiger partial charge on any atom is -0.481 e. The minimum absolute atomic E-state index is 0.139. The van der Waals surface area contributed by atoms with Gasteiger partial charge in [-0.05, 0) is 65.8 Å². The van der Waals surface area contributed by atoms with Crippen LogP contribution >= 0.6 is 11.3 Å². The highest BCUT2D eigenvalue weighted by atomic mass is 32.1. The standard InChI is InChI=1S/C15H22O2S/c1-10(2)12-3-4-14(15(16)17)13(8-12)7-11-5-6-18-9-11/h5-6,9-10,12-14H,3-4,7-8H2,1-2H3,(H,16,17). The Morgan fingerprint density at radius 2 is 2.28 bits per heavy atom. The molecule has 0 bridgehead atoms. The summed E-state index contributed by atoms with van der Waals surface area (Å²) in [4.78, 5) is 11.4. The highest BCUT2D eigenvalue weighted by Gasteiger charge is 2.35. The topological polar surface area (TPSA) is 37.3 Å². The zero-order chi connectivity index (χ0) is 13.1. The lowest BCUT2D eigenvalue weighted by Gasteiger charge is -2.35. The Kier molecular flexibility index (Phi) is 4.44. The molecule has 3 heteroatoms. The predicted molar refractivity (Wildman–Crippen MR) is 74.8 cm³/mol. The van der Waals surface area contributed by atoms with Gasteiger partial charge in [-0.1, -0.05) is 13.8 Å². The lowest BCUT2D eigenvalue weighted by molar-refractivity contribution is -0.145. The van der Waals surface area contributed by atoms with Gasteiger partial charge in [-0.25, -0.2) is 0 Å². The fourth-order valence-corrected chi connectivity index (χ4v) is 3.85. The van der Waals surface area contributed by atoms with E-state index < -0.39 is 5.97 Å². The van der Waals surface area contributed by atoms with Gasteiger partial charge < -0.3 is 5.11 Å². The summed E-state index contributed by atoms with van der Waals surface area (Å²) in [5, 5.41) is 13.6. The van der Waals surface area contributed by atoms with E-state index in [4.69, 9.17) is 0 Å². The maximum atomic E-state index is 11.4. The van der Waals surface area contributed by atoms with Crippen molar-refractivity contribution in [1.29, 1.82) is 0 Å². The molecule has 0 amide bonds. The highest BCUT2D eigenvalue weighted by molar-refractivity contribution is 7.07. The number of carboxylic acid groups (broad SMARTS) is 1. The molecule has 3 unspecified atom stereocenters. The Labute approximate surface area is 113 Å². The monoisotopic (exact) mass is 266 g/mol. The maximum absolute atomic E-state index is 11.4. The average Bonchev–Trinajstić information content (AvgIpc) is 2.81. The molecular weight excluding hydrogens is 244 g/mol. The molecule has 1 heterocycles. The van der Waals surface area contributed by atoms with E-state index >= 15 is 0 Å². The van der Waals surface area contributed by atoms with E-state index in [1.54, 1.807) is 11.3 Å². The van der Waals surface area contributed by atoms with Gasteiger partial charge in [0.15, 0.2) is 0 Å². The molecule has 1 aliphatic carbocycles. The molecule has 2 nitrogen and oxygen atoms in total. The summed E-state index contributed by atoms with van der Waals surface area (Å²) in [6.07, 6.45) is 3.94. The Morgan fingerprint density at radius 1 is 1.50 bits per heavy atom. The smallest absolute Gasteiger partial charge is 0.306 e. The predicted octanol–water partition coefficient (Wildman–Crippen LogP) is 4.06. The zero-order valence-corrected chi connectivity index (χ0v) is 12.0. The first-order valence-electron chi connectivity index (χ1n) is 6.81. The fourth-order valence-electron chi connectivity index (χ4n) is 3.17. The van der Waals surface area contributed by atoms with E-state index in [2.05, 4.69) is 30.7 Å². The van der Waals surface area contributed by atoms with Crippen molar-refractivity contribution in [1.82, 2.24) is 0 Å². The molecule has 1 aliphatic rings. The van der Waals surface area contributed by atoms with Crippen LogP contribution in [-0.4, -0.2) is 11.1 Å². The molecular formula is C15H22O2S. The molecule has 0 saturated heterocycles. The number of aliphatic carboxylic acids is 1. The normalized spacial score (nSPS) is 28.5. The van der Waals surface area contributed by atoms with E-state index in [0.29, 0.717) is 17.8 Å². The summed E-state index contributed by atoms with van der Waals surface area (Å²) in [6, 6.07) is 2.13. The molecule has 1 aromatic rings. The van der Waals surface area contributed by atoms with E-state index in [0.717, 1.165) is 25.7 Å². The van der Waals surface area contributed by atoms with Crippen LogP contribution in [0.3, 0.4) is 0 Å². The van der Waals surface area contributed by atoms with Gasteiger partial charge in [0, 0.05) is 0 Å². The molecule has 1 saturated carbocycles. The fraction of sp³-hybridized carbons (Fsp3) is 0.667. The number of thiophene rings is 1. The zero-order valence-electron chi connectivity index (χ0n) is 11.1. The van der Waals surface area contributed by atoms with Crippen LogP contribution < -0.4 is 0 Å². The van der Waals surface area contributed by atoms with Crippen molar-refractivity contribution >= 4 is 17.3 Å². The van der Waals surface area contributed by atoms with Gasteiger partial charge in [0.05, 0.1) is 5.92 Å². The van der Waals surface area contributed by atoms with Gasteiger partial charge in [-0.3, -0.25) is 4.79 Å². The molecule has 0 radical (unpaired) electrons. The van der Waals surface area contributed by atoms with Crippen molar-refractivity contribution in [2.45, 2.75) is 39.5 Å². The number of carboxylic acids is 1. The van der Waals surface area contributed by atoms with Crippen molar-refractivity contribution in [3.05, 3.63) is 22.4 Å². The van der Waals surface area contributed by atoms with Crippen LogP contribution in [0.25, 0.3) is 0 Å². The molecule has 18 heavy (non-hydrogen) atoms. The third-order valence-electron chi connectivity index (χ3n) is 4.36. The van der Waals surface area contributed by atoms with Crippen molar-refractivity contribution in [3.8, 4) is 0 Å². The molecule has 100 valence electrons. The second-order valence-corrected chi connectivity index (χ2v) is 6.64. The van der Waals surface area contributed by atoms with E-state index in [1.807, 2.05) is 0 Å². The minimum atomic E-state index is -0.600. The lowest BCUT2D eigenvalue weighted by Crippen LogP contribution is -2.33. The van der Waals surface area contributed by atoms with Gasteiger partial charge in [-0.2, -0.15) is 11.3 Å². The van der Waals surface area contributed by atoms with Gasteiger partial charge in [0.2, 0.25) is 0 Å². The Balaban J connectivity index is 2.07. The Hall–Kier alpha value is -0.830. The number of carbonyl (C=O) groups is 1. The molecule has 0 spiro atoms. The van der Waals surface area contributed by atoms with Crippen molar-refractivity contribution in [2.24, 2.45) is 23.7 Å². The van der Waals surface area contributed by atoms with E-state index in [9.17, 15) is 9.90 Å². The van der Waals surface area contributed by atoms with Crippen LogP contribution in [0, 0.1) is 23.7 Å². The van der Waals surface area contributed by atoms with Crippen LogP contribution in [0.2, 0.25) is 0 Å². The summed E-state index contributed by atoms with van der Waals surface area (Å²) < 4.78 is 0. The summed E-state index contributed by atoms with van der Waals surface area (Å²) in [6.45, 7) is 4.51. The quantitative estimate of drug-likeness (QED) is 0.892. The lowest BCUT2D eigenvalue weighted by atomic mass is 9.69. The summed E-state index contributed by atoms with van der Waals surface area (Å²) >= 11 is 1.70. The third kappa shape index (κ3) is 3.14. The number of hydrogen-bond acceptors (Lipinski definition) is 2. The average molecular weight is 266 g/mol. The van der Waals surface area contributed by atoms with Crippen LogP contribution in [0.15, 0.2) is 16.8 Å². The van der Waals surface area contributed by atoms with Gasteiger partial charge >= 0.3 is 5.97 Å². The van der Waals surface area contributed by atoms with Gasteiger partial charge in [0.1, 0.15) is 0 Å². The van der Waals surface area contributed by atoms with Gasteiger partial charge in [-0.15, -0.1) is 0 Å². The second-order valence-electron chi connectivity index (χ2n) is 5.86. The second kappa shape index (κ2) is 5.87. The molecule has 3 atom stereocenters. The van der Waals surface area contributed by atoms with Crippen LogP contribution in [0.1, 0.15) is 38.7 Å². The first kappa shape index (κ1) is 13.6. The first-order chi connectivity index (χ1) is 8.58. The van der Waals surface area contributed by atoms with Gasteiger partial charge in [0.25, 0.3) is 0 Å². The molecule has 1 aromatic heterocycles. The number of hydrogen-bond donors (Lipinski definition) is 1. The van der Waals surface area contributed by atoms with E-state index in [-0.39, 0.29) is 5.92 Å². The first-order valence-corrected chi connectivity index (χ1v) is 7.76.